The van der Waals surface area contributed by atoms with Gasteiger partial charge in [0.15, 0.2) is 11.5 Å². The van der Waals surface area contributed by atoms with Crippen LogP contribution in [0.25, 0.3) is 10.8 Å². The van der Waals surface area contributed by atoms with Gasteiger partial charge in [-0.3, -0.25) is 9.59 Å². The maximum Gasteiger partial charge on any atom is 0.265 e. The Kier molecular flexibility index (Phi) is 6.80. The van der Waals surface area contributed by atoms with Crippen molar-refractivity contribution in [1.29, 1.82) is 0 Å². The highest BCUT2D eigenvalue weighted by Gasteiger charge is 2.34. The van der Waals surface area contributed by atoms with Gasteiger partial charge in [0.05, 0.1) is 45.3 Å². The minimum Gasteiger partial charge on any atom is -0.487 e. The van der Waals surface area contributed by atoms with Gasteiger partial charge in [-0.2, -0.15) is 0 Å². The molecule has 0 unspecified atom stereocenters. The molecular weight excluding hydrogens is 452 g/mol. The molecule has 0 aromatic heterocycles. The predicted octanol–water partition coefficient (Wildman–Crippen LogP) is 3.04. The highest BCUT2D eigenvalue weighted by molar-refractivity contribution is 6.36. The molecule has 0 aliphatic carbocycles. The number of fused-ring (bicyclic) bond motifs is 1. The number of anilines is 2. The fraction of sp³-hybridized carbons (Fsp3) is 0.308. The molecule has 0 radical (unpaired) electrons. The largest absolute Gasteiger partial charge is 0.487 e. The lowest BCUT2D eigenvalue weighted by atomic mass is 9.93. The van der Waals surface area contributed by atoms with Gasteiger partial charge in [0.25, 0.3) is 11.8 Å². The van der Waals surface area contributed by atoms with Crippen LogP contribution in [0.1, 0.15) is 20.7 Å². The number of hydrogen-bond donors (Lipinski definition) is 1. The van der Waals surface area contributed by atoms with Crippen LogP contribution in [0.5, 0.6) is 11.5 Å². The number of imide groups is 1. The molecule has 0 atom stereocenters. The van der Waals surface area contributed by atoms with Crippen LogP contribution in [-0.4, -0.2) is 64.7 Å². The number of rotatable bonds is 1. The monoisotopic (exact) mass is 478 g/mol. The van der Waals surface area contributed by atoms with Crippen LogP contribution in [0.3, 0.4) is 0 Å². The molecule has 0 spiro atoms. The number of ether oxygens (including phenoxy) is 5. The van der Waals surface area contributed by atoms with Gasteiger partial charge in [-0.25, -0.2) is 4.90 Å². The smallest absolute Gasteiger partial charge is 0.265 e. The summed E-state index contributed by atoms with van der Waals surface area (Å²) in [4.78, 5) is 28.1. The summed E-state index contributed by atoms with van der Waals surface area (Å²) < 4.78 is 28.2. The highest BCUT2D eigenvalue weighted by Crippen LogP contribution is 2.38. The highest BCUT2D eigenvalue weighted by atomic mass is 16.6. The van der Waals surface area contributed by atoms with Gasteiger partial charge in [0, 0.05) is 33.7 Å². The van der Waals surface area contributed by atoms with Crippen molar-refractivity contribution in [2.45, 2.75) is 0 Å². The molecule has 0 saturated carbocycles. The Morgan fingerprint density at radius 1 is 0.657 bits per heavy atom. The Morgan fingerprint density at radius 3 is 1.94 bits per heavy atom. The molecule has 2 heterocycles. The second-order valence-electron chi connectivity index (χ2n) is 8.04. The fourth-order valence-corrected chi connectivity index (χ4v) is 4.18. The third kappa shape index (κ3) is 4.66. The number of benzene rings is 3. The third-order valence-corrected chi connectivity index (χ3v) is 5.84. The van der Waals surface area contributed by atoms with Crippen molar-refractivity contribution in [3.05, 3.63) is 59.7 Å². The minimum absolute atomic E-state index is 0.264. The van der Waals surface area contributed by atoms with Crippen LogP contribution in [0.4, 0.5) is 11.4 Å². The molecule has 3 aromatic rings. The number of carbonyl (C=O) groups excluding carboxylic acids is 2. The van der Waals surface area contributed by atoms with Crippen molar-refractivity contribution in [3.63, 3.8) is 0 Å². The van der Waals surface area contributed by atoms with Crippen LogP contribution in [0, 0.1) is 0 Å². The van der Waals surface area contributed by atoms with E-state index in [1.807, 2.05) is 6.07 Å². The summed E-state index contributed by atoms with van der Waals surface area (Å²) in [5.41, 5.74) is 7.83. The van der Waals surface area contributed by atoms with E-state index < -0.39 is 11.8 Å². The summed E-state index contributed by atoms with van der Waals surface area (Å²) in [7, 11) is 0. The van der Waals surface area contributed by atoms with Gasteiger partial charge in [-0.15, -0.1) is 0 Å². The minimum atomic E-state index is -0.423. The molecule has 3 aromatic carbocycles. The van der Waals surface area contributed by atoms with E-state index in [0.29, 0.717) is 91.0 Å². The molecule has 0 fully saturated rings. The van der Waals surface area contributed by atoms with Crippen LogP contribution in [-0.2, 0) is 14.2 Å². The SMILES string of the molecule is Nc1ccc2c3c(cccc13)C(=O)N(c1ccc3c(c1)OCCOCCOCCOCCO3)C2=O. The molecule has 2 amide bonds. The second-order valence-corrected chi connectivity index (χ2v) is 8.04. The Morgan fingerprint density at radius 2 is 1.26 bits per heavy atom. The lowest BCUT2D eigenvalue weighted by Crippen LogP contribution is -2.40. The number of amides is 2. The quantitative estimate of drug-likeness (QED) is 0.420. The van der Waals surface area contributed by atoms with E-state index in [1.54, 1.807) is 42.5 Å². The molecule has 9 heteroatoms. The van der Waals surface area contributed by atoms with Crippen molar-refractivity contribution < 1.29 is 33.3 Å². The molecule has 0 saturated heterocycles. The maximum atomic E-state index is 13.4. The standard InChI is InChI=1S/C26H26N2O7/c27-21-6-5-20-24-18(21)2-1-3-19(24)25(29)28(26(20)30)17-4-7-22-23(16-17)35-15-13-33-11-9-31-8-10-32-12-14-34-22/h1-7,16H,8-15,27H2. The van der Waals surface area contributed by atoms with Gasteiger partial charge in [-0.1, -0.05) is 12.1 Å². The zero-order chi connectivity index (χ0) is 24.2. The molecule has 35 heavy (non-hydrogen) atoms. The Hall–Kier alpha value is -3.66. The summed E-state index contributed by atoms with van der Waals surface area (Å²) in [6.45, 7) is 3.17. The molecule has 5 rings (SSSR count). The van der Waals surface area contributed by atoms with Crippen LogP contribution < -0.4 is 20.1 Å². The Balaban J connectivity index is 1.46. The number of nitrogen functional groups attached to an aromatic ring is 1. The molecule has 182 valence electrons. The lowest BCUT2D eigenvalue weighted by Gasteiger charge is -2.28. The lowest BCUT2D eigenvalue weighted by molar-refractivity contribution is 0.00708. The Labute approximate surface area is 202 Å². The van der Waals surface area contributed by atoms with Crippen molar-refractivity contribution >= 4 is 34.0 Å². The van der Waals surface area contributed by atoms with Crippen LogP contribution in [0.15, 0.2) is 48.5 Å². The molecule has 2 N–H and O–H groups in total. The molecule has 9 nitrogen and oxygen atoms in total. The first-order valence-electron chi connectivity index (χ1n) is 11.5. The third-order valence-electron chi connectivity index (χ3n) is 5.84. The van der Waals surface area contributed by atoms with Crippen molar-refractivity contribution in [3.8, 4) is 11.5 Å². The second kappa shape index (κ2) is 10.3. The normalized spacial score (nSPS) is 17.7. The summed E-state index contributed by atoms with van der Waals surface area (Å²) in [5, 5.41) is 1.26. The van der Waals surface area contributed by atoms with Gasteiger partial charge in [0.1, 0.15) is 13.2 Å². The van der Waals surface area contributed by atoms with E-state index in [9.17, 15) is 9.59 Å². The first-order valence-corrected chi connectivity index (χ1v) is 11.5. The van der Waals surface area contributed by atoms with E-state index >= 15 is 0 Å². The predicted molar refractivity (Wildman–Crippen MR) is 129 cm³/mol. The van der Waals surface area contributed by atoms with Crippen LogP contribution in [0.2, 0.25) is 0 Å². The molecule has 0 bridgehead atoms. The van der Waals surface area contributed by atoms with Crippen molar-refractivity contribution in [1.82, 2.24) is 0 Å². The topological polar surface area (TPSA) is 110 Å². The summed E-state index contributed by atoms with van der Waals surface area (Å²) >= 11 is 0. The van der Waals surface area contributed by atoms with E-state index in [2.05, 4.69) is 0 Å². The molecule has 2 aliphatic rings. The number of nitrogens with two attached hydrogens (primary N) is 1. The van der Waals surface area contributed by atoms with E-state index in [-0.39, 0.29) is 6.61 Å². The average Bonchev–Trinajstić information content (AvgIpc) is 2.87. The zero-order valence-electron chi connectivity index (χ0n) is 19.2. The number of nitrogens with zero attached hydrogens (tertiary/aromatic N) is 1. The van der Waals surface area contributed by atoms with Crippen molar-refractivity contribution in [2.24, 2.45) is 0 Å². The van der Waals surface area contributed by atoms with Crippen LogP contribution >= 0.6 is 0 Å². The van der Waals surface area contributed by atoms with E-state index in [0.717, 1.165) is 4.90 Å². The number of hydrogen-bond acceptors (Lipinski definition) is 8. The zero-order valence-corrected chi connectivity index (χ0v) is 19.2. The summed E-state index contributed by atoms with van der Waals surface area (Å²) in [5.74, 6) is 0.0386. The van der Waals surface area contributed by atoms with Gasteiger partial charge in [-0.05, 0) is 30.3 Å². The fourth-order valence-electron chi connectivity index (χ4n) is 4.18. The Bertz CT molecular complexity index is 1240. The molecular formula is C26H26N2O7. The number of carbonyl (C=O) groups is 2. The maximum absolute atomic E-state index is 13.4. The molecule has 2 aliphatic heterocycles. The average molecular weight is 479 g/mol. The van der Waals surface area contributed by atoms with Gasteiger partial charge in [0.2, 0.25) is 0 Å². The van der Waals surface area contributed by atoms with Gasteiger partial charge < -0.3 is 29.4 Å². The van der Waals surface area contributed by atoms with Gasteiger partial charge >= 0.3 is 0 Å². The summed E-state index contributed by atoms with van der Waals surface area (Å²) in [6.07, 6.45) is 0. The van der Waals surface area contributed by atoms with E-state index in [1.165, 1.54) is 0 Å². The summed E-state index contributed by atoms with van der Waals surface area (Å²) in [6, 6.07) is 13.6. The first kappa shape index (κ1) is 23.1. The van der Waals surface area contributed by atoms with Crippen molar-refractivity contribution in [2.75, 3.05) is 63.5 Å². The first-order chi connectivity index (χ1) is 17.1. The van der Waals surface area contributed by atoms with E-state index in [4.69, 9.17) is 29.4 Å².